The van der Waals surface area contributed by atoms with Gasteiger partial charge in [-0.15, -0.1) is 13.2 Å². The number of ether oxygens (including phenoxy) is 1. The van der Waals surface area contributed by atoms with E-state index in [1.807, 2.05) is 0 Å². The molecule has 0 spiro atoms. The number of aliphatic hydroxyl groups is 2. The van der Waals surface area contributed by atoms with Gasteiger partial charge in [-0.25, -0.2) is 9.97 Å². The zero-order valence-corrected chi connectivity index (χ0v) is 18.5. The Bertz CT molecular complexity index is 868. The molecule has 0 aliphatic carbocycles. The highest BCUT2D eigenvalue weighted by atomic mass is 32.2. The topological polar surface area (TPSA) is 106 Å². The molecule has 2 aromatic heterocycles. The number of aliphatic hydroxyl groups excluding tert-OH is 2. The smallest absolute Gasteiger partial charge is 0.172 e. The van der Waals surface area contributed by atoms with Crippen LogP contribution in [0.3, 0.4) is 0 Å². The van der Waals surface area contributed by atoms with Gasteiger partial charge in [-0.2, -0.15) is 0 Å². The molecule has 156 valence electrons. The van der Waals surface area contributed by atoms with Crippen LogP contribution in [0.1, 0.15) is 32.4 Å². The van der Waals surface area contributed by atoms with Gasteiger partial charge < -0.3 is 20.7 Å². The van der Waals surface area contributed by atoms with E-state index in [2.05, 4.69) is 36.5 Å². The Balaban J connectivity index is 1.93. The highest BCUT2D eigenvalue weighted by molar-refractivity contribution is 7.99. The largest absolute Gasteiger partial charge is 0.397 e. The van der Waals surface area contributed by atoms with E-state index in [1.165, 1.54) is 0 Å². The van der Waals surface area contributed by atoms with Gasteiger partial charge in [-0.3, -0.25) is 4.57 Å². The number of fused-ring (bicyclic) bond motifs is 1. The van der Waals surface area contributed by atoms with Gasteiger partial charge in [0.2, 0.25) is 0 Å². The summed E-state index contributed by atoms with van der Waals surface area (Å²) < 4.78 is 7.94. The van der Waals surface area contributed by atoms with Crippen molar-refractivity contribution in [2.24, 2.45) is 0 Å². The van der Waals surface area contributed by atoms with Crippen molar-refractivity contribution in [3.05, 3.63) is 12.3 Å². The Hall–Kier alpha value is -1.05. The highest BCUT2D eigenvalue weighted by Crippen LogP contribution is 2.41. The van der Waals surface area contributed by atoms with Crippen LogP contribution in [0, 0.1) is 0 Å². The van der Waals surface area contributed by atoms with Gasteiger partial charge in [0.15, 0.2) is 17.0 Å². The molecule has 1 aliphatic rings. The number of rotatable bonds is 8. The fraction of sp³-hybridized carbons (Fsp3) is 0.632. The van der Waals surface area contributed by atoms with Crippen LogP contribution in [0.4, 0.5) is 5.69 Å². The summed E-state index contributed by atoms with van der Waals surface area (Å²) in [5.41, 5.74) is 7.80. The maximum Gasteiger partial charge on any atom is 0.172 e. The van der Waals surface area contributed by atoms with E-state index in [1.54, 1.807) is 28.6 Å². The number of nitrogen functional groups attached to an aromatic ring is 1. The second-order valence-corrected chi connectivity index (χ2v) is 13.4. The van der Waals surface area contributed by atoms with Crippen LogP contribution >= 0.6 is 18.6 Å². The third-order valence-electron chi connectivity index (χ3n) is 4.92. The van der Waals surface area contributed by atoms with E-state index in [0.717, 1.165) is 24.8 Å². The lowest BCUT2D eigenvalue weighted by Gasteiger charge is -2.19. The van der Waals surface area contributed by atoms with Crippen molar-refractivity contribution in [2.75, 3.05) is 31.0 Å². The number of anilines is 1. The number of pyridine rings is 1. The highest BCUT2D eigenvalue weighted by Gasteiger charge is 2.45. The second kappa shape index (κ2) is 8.76. The average Bonchev–Trinajstić information content (AvgIpc) is 3.12. The lowest BCUT2D eigenvalue weighted by atomic mass is 10.1. The molecule has 1 saturated heterocycles. The van der Waals surface area contributed by atoms with Gasteiger partial charge in [0.1, 0.15) is 17.7 Å². The minimum Gasteiger partial charge on any atom is -0.397 e. The number of thioether (sulfide) groups is 1. The molecule has 0 aromatic carbocycles. The first-order valence-electron chi connectivity index (χ1n) is 9.67. The fourth-order valence-corrected chi connectivity index (χ4v) is 5.34. The summed E-state index contributed by atoms with van der Waals surface area (Å²) in [6.45, 7) is 5.20. The summed E-state index contributed by atoms with van der Waals surface area (Å²) in [6, 6.07) is 1.71. The number of unbranched alkanes of at least 4 members (excludes halogenated alkanes) is 1. The van der Waals surface area contributed by atoms with Gasteiger partial charge >= 0.3 is 0 Å². The Labute approximate surface area is 170 Å². The predicted octanol–water partition coefficient (Wildman–Crippen LogP) is 2.62. The summed E-state index contributed by atoms with van der Waals surface area (Å²) in [6.07, 6.45) is 6.36. The number of hydrogen-bond donors (Lipinski definition) is 3. The summed E-state index contributed by atoms with van der Waals surface area (Å²) in [7, 11) is 0. The van der Waals surface area contributed by atoms with Crippen molar-refractivity contribution in [3.8, 4) is 0 Å². The van der Waals surface area contributed by atoms with Crippen LogP contribution in [-0.4, -0.2) is 74.6 Å². The van der Waals surface area contributed by atoms with Crippen LogP contribution in [0.25, 0.3) is 11.2 Å². The molecule has 3 rings (SSSR count). The molecule has 0 saturated carbocycles. The van der Waals surface area contributed by atoms with Crippen molar-refractivity contribution >= 4 is 41.8 Å². The molecule has 0 unspecified atom stereocenters. The van der Waals surface area contributed by atoms with Crippen molar-refractivity contribution in [3.63, 3.8) is 0 Å². The van der Waals surface area contributed by atoms with E-state index in [-0.39, 0.29) is 0 Å². The number of hydrogen-bond acceptors (Lipinski definition) is 7. The Morgan fingerprint density at radius 1 is 1.36 bits per heavy atom. The molecule has 0 bridgehead atoms. The Kier molecular flexibility index (Phi) is 6.77. The first kappa shape index (κ1) is 21.7. The third-order valence-corrected chi connectivity index (χ3v) is 7.43. The lowest BCUT2D eigenvalue weighted by molar-refractivity contribution is -0.0400. The maximum absolute atomic E-state index is 10.8. The monoisotopic (exact) mass is 426 g/mol. The second-order valence-electron chi connectivity index (χ2n) is 8.03. The molecule has 7 nitrogen and oxygen atoms in total. The SMILES string of the molecule is C=P(C)(C)CC[C@H]1O[C@@H](n2c(SCCCC)nc3c(N)ccnc32)[C@H](O)[C@@H]1O. The maximum atomic E-state index is 10.8. The van der Waals surface area contributed by atoms with Gasteiger partial charge in [0.25, 0.3) is 0 Å². The molecular formula is C19H31N4O3PS. The van der Waals surface area contributed by atoms with Gasteiger partial charge in [0.05, 0.1) is 11.8 Å². The number of imidazole rings is 1. The predicted molar refractivity (Wildman–Crippen MR) is 119 cm³/mol. The molecule has 2 aromatic rings. The van der Waals surface area contributed by atoms with Gasteiger partial charge in [0, 0.05) is 11.9 Å². The molecule has 1 fully saturated rings. The number of nitrogens with zero attached hydrogens (tertiary/aromatic N) is 3. The molecule has 3 heterocycles. The molecule has 4 atom stereocenters. The summed E-state index contributed by atoms with van der Waals surface area (Å²) >= 11 is 1.59. The zero-order valence-electron chi connectivity index (χ0n) is 16.8. The summed E-state index contributed by atoms with van der Waals surface area (Å²) in [4.78, 5) is 9.09. The molecule has 0 radical (unpaired) electrons. The van der Waals surface area contributed by atoms with Crippen LogP contribution in [0.15, 0.2) is 17.4 Å². The molecule has 9 heteroatoms. The summed E-state index contributed by atoms with van der Waals surface area (Å²) in [5, 5.41) is 22.0. The molecule has 4 N–H and O–H groups in total. The molecule has 0 amide bonds. The molecule has 1 aliphatic heterocycles. The zero-order chi connectivity index (χ0) is 20.5. The Morgan fingerprint density at radius 2 is 2.11 bits per heavy atom. The van der Waals surface area contributed by atoms with E-state index in [0.29, 0.717) is 28.4 Å². The van der Waals surface area contributed by atoms with Gasteiger partial charge in [-0.1, -0.05) is 25.1 Å². The number of nitrogens with two attached hydrogens (primary N) is 1. The Morgan fingerprint density at radius 3 is 2.79 bits per heavy atom. The number of aromatic nitrogens is 3. The molecule has 28 heavy (non-hydrogen) atoms. The van der Waals surface area contributed by atoms with E-state index in [9.17, 15) is 10.2 Å². The standard InChI is InChI=1S/C19H31N4O3PS/c1-5-6-11-28-19-22-14-12(20)7-9-21-17(14)23(19)18-16(25)15(24)13(26-18)8-10-27(2,3)4/h7,9,13,15-16,18,24-25H,2,5-6,8,10-11H2,1,3-4H3,(H2,20,21)/t13-,15-,16-,18-/m1/s1. The van der Waals surface area contributed by atoms with Crippen LogP contribution < -0.4 is 5.73 Å². The van der Waals surface area contributed by atoms with Crippen molar-refractivity contribution in [1.82, 2.24) is 14.5 Å². The average molecular weight is 427 g/mol. The normalized spacial score (nSPS) is 25.6. The van der Waals surface area contributed by atoms with Gasteiger partial charge in [-0.05, 0) is 38.4 Å². The van der Waals surface area contributed by atoms with E-state index in [4.69, 9.17) is 10.5 Å². The van der Waals surface area contributed by atoms with Crippen LogP contribution in [0.2, 0.25) is 0 Å². The quantitative estimate of drug-likeness (QED) is 0.338. The van der Waals surface area contributed by atoms with Crippen molar-refractivity contribution in [1.29, 1.82) is 0 Å². The first-order valence-corrected chi connectivity index (χ1v) is 13.7. The summed E-state index contributed by atoms with van der Waals surface area (Å²) in [5.74, 6) is 0.898. The van der Waals surface area contributed by atoms with E-state index < -0.39 is 31.4 Å². The van der Waals surface area contributed by atoms with Crippen LogP contribution in [-0.2, 0) is 4.74 Å². The first-order chi connectivity index (χ1) is 13.2. The van der Waals surface area contributed by atoms with E-state index >= 15 is 0 Å². The minimum atomic E-state index is -1.24. The molecular weight excluding hydrogens is 395 g/mol. The van der Waals surface area contributed by atoms with Crippen LogP contribution in [0.5, 0.6) is 0 Å². The van der Waals surface area contributed by atoms with Crippen molar-refractivity contribution < 1.29 is 14.9 Å². The minimum absolute atomic E-state index is 0.437. The van der Waals surface area contributed by atoms with Crippen molar-refractivity contribution in [2.45, 2.75) is 55.9 Å². The fourth-order valence-electron chi connectivity index (χ4n) is 3.29. The lowest BCUT2D eigenvalue weighted by Crippen LogP contribution is -2.32. The third kappa shape index (κ3) is 4.57.